The number of nitrogens with zero attached hydrogens (tertiary/aromatic N) is 1. The largest absolute Gasteiger partial charge is 0.493 e. The zero-order valence-corrected chi connectivity index (χ0v) is 13.4. The minimum absolute atomic E-state index is 0.314. The molecule has 0 aromatic heterocycles. The van der Waals surface area contributed by atoms with Crippen molar-refractivity contribution in [3.05, 3.63) is 52.5 Å². The van der Waals surface area contributed by atoms with Crippen LogP contribution in [-0.4, -0.2) is 13.0 Å². The highest BCUT2D eigenvalue weighted by molar-refractivity contribution is 9.10. The van der Waals surface area contributed by atoms with E-state index >= 15 is 0 Å². The molecular formula is C16H13BrN2O3. The van der Waals surface area contributed by atoms with Gasteiger partial charge in [0.25, 0.3) is 0 Å². The van der Waals surface area contributed by atoms with Gasteiger partial charge in [-0.1, -0.05) is 46.3 Å². The highest BCUT2D eigenvalue weighted by atomic mass is 79.9. The van der Waals surface area contributed by atoms with Crippen LogP contribution < -0.4 is 14.8 Å². The molecule has 5 nitrogen and oxygen atoms in total. The fraction of sp³-hybridized carbons (Fsp3) is 0.125. The molecule has 2 rings (SSSR count). The van der Waals surface area contributed by atoms with Crippen molar-refractivity contribution in [3.63, 3.8) is 0 Å². The van der Waals surface area contributed by atoms with Crippen LogP contribution in [0.1, 0.15) is 5.56 Å². The molecular weight excluding hydrogens is 348 g/mol. The summed E-state index contributed by atoms with van der Waals surface area (Å²) in [4.78, 5) is 11.3. The third-order valence-corrected chi connectivity index (χ3v) is 3.27. The third kappa shape index (κ3) is 3.99. The average molecular weight is 361 g/mol. The van der Waals surface area contributed by atoms with Gasteiger partial charge >= 0.3 is 5.91 Å². The van der Waals surface area contributed by atoms with Gasteiger partial charge in [0.05, 0.1) is 12.8 Å². The summed E-state index contributed by atoms with van der Waals surface area (Å²) in [5.41, 5.74) is 1.35. The van der Waals surface area contributed by atoms with E-state index in [4.69, 9.17) is 14.7 Å². The minimum Gasteiger partial charge on any atom is -0.493 e. The number of carbonyl (C=O) groups is 1. The number of benzene rings is 2. The number of methoxy groups -OCH3 is 1. The summed E-state index contributed by atoms with van der Waals surface area (Å²) in [5.74, 6) is 0.0569. The Labute approximate surface area is 136 Å². The lowest BCUT2D eigenvalue weighted by Gasteiger charge is -2.15. The molecule has 0 bridgehead atoms. The maximum absolute atomic E-state index is 11.3. The molecule has 0 aliphatic rings. The van der Waals surface area contributed by atoms with Gasteiger partial charge in [-0.15, -0.1) is 0 Å². The third-order valence-electron chi connectivity index (χ3n) is 2.82. The number of nitriles is 1. The molecule has 0 saturated carbocycles. The van der Waals surface area contributed by atoms with Crippen molar-refractivity contribution in [2.75, 3.05) is 12.4 Å². The molecule has 6 heteroatoms. The number of hydrogen-bond donors (Lipinski definition) is 1. The van der Waals surface area contributed by atoms with Crippen LogP contribution in [0.3, 0.4) is 0 Å². The zero-order chi connectivity index (χ0) is 15.9. The Bertz CT molecular complexity index is 711. The van der Waals surface area contributed by atoms with Gasteiger partial charge in [-0.3, -0.25) is 4.79 Å². The lowest BCUT2D eigenvalue weighted by atomic mass is 10.2. The fourth-order valence-electron chi connectivity index (χ4n) is 1.84. The molecule has 2 aromatic rings. The van der Waals surface area contributed by atoms with Crippen LogP contribution in [0.2, 0.25) is 0 Å². The molecule has 0 saturated heterocycles. The van der Waals surface area contributed by atoms with Gasteiger partial charge in [0.2, 0.25) is 0 Å². The Balaban J connectivity index is 2.30. The fourth-order valence-corrected chi connectivity index (χ4v) is 2.28. The minimum atomic E-state index is -0.773. The molecule has 1 amide bonds. The van der Waals surface area contributed by atoms with Crippen LogP contribution in [0.15, 0.2) is 46.9 Å². The second-order valence-electron chi connectivity index (χ2n) is 4.32. The molecule has 22 heavy (non-hydrogen) atoms. The Hall–Kier alpha value is -2.52. The Morgan fingerprint density at radius 3 is 2.68 bits per heavy atom. The number of ether oxygens (including phenoxy) is 2. The van der Waals surface area contributed by atoms with Crippen molar-refractivity contribution in [3.8, 4) is 17.6 Å². The Morgan fingerprint density at radius 1 is 1.32 bits per heavy atom. The molecule has 0 radical (unpaired) electrons. The van der Waals surface area contributed by atoms with Crippen LogP contribution >= 0.6 is 15.9 Å². The van der Waals surface area contributed by atoms with Gasteiger partial charge in [0.15, 0.2) is 17.6 Å². The number of hydrogen-bond acceptors (Lipinski definition) is 4. The number of anilines is 1. The summed E-state index contributed by atoms with van der Waals surface area (Å²) in [6.45, 7) is 0.314. The molecule has 112 valence electrons. The van der Waals surface area contributed by atoms with Gasteiger partial charge in [-0.2, -0.15) is 5.26 Å². The van der Waals surface area contributed by atoms with Crippen molar-refractivity contribution in [2.45, 2.75) is 6.61 Å². The van der Waals surface area contributed by atoms with Crippen LogP contribution in [0.5, 0.6) is 11.5 Å². The lowest BCUT2D eigenvalue weighted by molar-refractivity contribution is -0.111. The highest BCUT2D eigenvalue weighted by Crippen LogP contribution is 2.39. The summed E-state index contributed by atoms with van der Waals surface area (Å²) in [5, 5.41) is 11.1. The SMILES string of the molecule is COc1cc(Br)cc(NC(=O)C#N)c1OCc1ccccc1. The molecule has 1 N–H and O–H groups in total. The van der Waals surface area contributed by atoms with E-state index < -0.39 is 5.91 Å². The second-order valence-corrected chi connectivity index (χ2v) is 5.24. The predicted octanol–water partition coefficient (Wildman–Crippen LogP) is 3.50. The van der Waals surface area contributed by atoms with Gasteiger partial charge in [0, 0.05) is 4.47 Å². The first-order chi connectivity index (χ1) is 10.6. The molecule has 0 heterocycles. The molecule has 0 atom stereocenters. The standard InChI is InChI=1S/C16H13BrN2O3/c1-21-14-8-12(17)7-13(19-15(20)9-18)16(14)22-10-11-5-3-2-4-6-11/h2-8H,10H2,1H3,(H,19,20). The van der Waals surface area contributed by atoms with E-state index in [1.807, 2.05) is 30.3 Å². The van der Waals surface area contributed by atoms with Gasteiger partial charge in [0.1, 0.15) is 6.61 Å². The number of carbonyl (C=O) groups excluding carboxylic acids is 1. The first-order valence-electron chi connectivity index (χ1n) is 6.39. The van der Waals surface area contributed by atoms with Crippen LogP contribution in [-0.2, 0) is 11.4 Å². The number of halogens is 1. The number of nitrogens with one attached hydrogen (secondary N) is 1. The Morgan fingerprint density at radius 2 is 2.05 bits per heavy atom. The summed E-state index contributed by atoms with van der Waals surface area (Å²) < 4.78 is 11.8. The van der Waals surface area contributed by atoms with E-state index in [-0.39, 0.29) is 0 Å². The first kappa shape index (κ1) is 15.9. The Kier molecular flexibility index (Phi) is 5.39. The van der Waals surface area contributed by atoms with Crippen LogP contribution in [0, 0.1) is 11.3 Å². The maximum atomic E-state index is 11.3. The monoisotopic (exact) mass is 360 g/mol. The summed E-state index contributed by atoms with van der Waals surface area (Å²) in [6, 6.07) is 14.5. The van der Waals surface area contributed by atoms with Crippen LogP contribution in [0.4, 0.5) is 5.69 Å². The van der Waals surface area contributed by atoms with Crippen molar-refractivity contribution >= 4 is 27.5 Å². The average Bonchev–Trinajstić information content (AvgIpc) is 2.54. The van der Waals surface area contributed by atoms with E-state index in [1.165, 1.54) is 13.2 Å². The smallest absolute Gasteiger partial charge is 0.326 e. The van der Waals surface area contributed by atoms with Crippen molar-refractivity contribution in [1.29, 1.82) is 5.26 Å². The summed E-state index contributed by atoms with van der Waals surface area (Å²) in [6.07, 6.45) is 0. The molecule has 0 aliphatic carbocycles. The normalized spacial score (nSPS) is 9.68. The van der Waals surface area contributed by atoms with E-state index in [0.717, 1.165) is 5.56 Å². The molecule has 0 unspecified atom stereocenters. The van der Waals surface area contributed by atoms with Gasteiger partial charge < -0.3 is 14.8 Å². The van der Waals surface area contributed by atoms with Gasteiger partial charge in [-0.25, -0.2) is 0 Å². The number of amides is 1. The summed E-state index contributed by atoms with van der Waals surface area (Å²) in [7, 11) is 1.51. The lowest BCUT2D eigenvalue weighted by Crippen LogP contribution is -2.10. The molecule has 0 fully saturated rings. The highest BCUT2D eigenvalue weighted by Gasteiger charge is 2.15. The summed E-state index contributed by atoms with van der Waals surface area (Å²) >= 11 is 3.33. The van der Waals surface area contributed by atoms with Crippen molar-refractivity contribution < 1.29 is 14.3 Å². The predicted molar refractivity (Wildman–Crippen MR) is 85.7 cm³/mol. The molecule has 2 aromatic carbocycles. The van der Waals surface area contributed by atoms with Crippen molar-refractivity contribution in [1.82, 2.24) is 0 Å². The molecule has 0 spiro atoms. The van der Waals surface area contributed by atoms with Gasteiger partial charge in [-0.05, 0) is 17.7 Å². The first-order valence-corrected chi connectivity index (χ1v) is 7.18. The van der Waals surface area contributed by atoms with E-state index in [0.29, 0.717) is 28.3 Å². The topological polar surface area (TPSA) is 71.3 Å². The zero-order valence-electron chi connectivity index (χ0n) is 11.8. The van der Waals surface area contributed by atoms with E-state index in [2.05, 4.69) is 21.2 Å². The molecule has 0 aliphatic heterocycles. The van der Waals surface area contributed by atoms with E-state index in [1.54, 1.807) is 12.1 Å². The second kappa shape index (κ2) is 7.48. The van der Waals surface area contributed by atoms with Crippen LogP contribution in [0.25, 0.3) is 0 Å². The quantitative estimate of drug-likeness (QED) is 0.828. The maximum Gasteiger partial charge on any atom is 0.326 e. The number of rotatable bonds is 5. The van der Waals surface area contributed by atoms with Crippen molar-refractivity contribution in [2.24, 2.45) is 0 Å². The van der Waals surface area contributed by atoms with E-state index in [9.17, 15) is 4.79 Å².